The number of rotatable bonds is 8. The number of amides is 2. The van der Waals surface area contributed by atoms with Crippen LogP contribution in [0.4, 0.5) is 5.69 Å². The van der Waals surface area contributed by atoms with Crippen molar-refractivity contribution in [1.82, 2.24) is 10.2 Å². The van der Waals surface area contributed by atoms with Gasteiger partial charge in [0.2, 0.25) is 5.91 Å². The Morgan fingerprint density at radius 1 is 1.00 bits per heavy atom. The summed E-state index contributed by atoms with van der Waals surface area (Å²) in [6.45, 7) is 0.600. The van der Waals surface area contributed by atoms with Gasteiger partial charge in [-0.1, -0.05) is 35.3 Å². The highest BCUT2D eigenvalue weighted by Gasteiger charge is 2.40. The molecule has 0 aliphatic carbocycles. The van der Waals surface area contributed by atoms with Crippen molar-refractivity contribution in [3.05, 3.63) is 58.1 Å². The van der Waals surface area contributed by atoms with Gasteiger partial charge in [0.15, 0.2) is 6.61 Å². The lowest BCUT2D eigenvalue weighted by Crippen LogP contribution is -2.50. The van der Waals surface area contributed by atoms with Gasteiger partial charge in [-0.2, -0.15) is 0 Å². The Labute approximate surface area is 203 Å². The Balaban J connectivity index is 1.29. The second kappa shape index (κ2) is 10.7. The average molecular weight is 491 g/mol. The first-order valence-electron chi connectivity index (χ1n) is 11.1. The third kappa shape index (κ3) is 6.18. The Bertz CT molecular complexity index is 988. The summed E-state index contributed by atoms with van der Waals surface area (Å²) in [5.74, 6) is -0.182. The zero-order valence-electron chi connectivity index (χ0n) is 18.2. The minimum atomic E-state index is -0.368. The fourth-order valence-corrected chi connectivity index (χ4v) is 5.09. The van der Waals surface area contributed by atoms with E-state index < -0.39 is 0 Å². The summed E-state index contributed by atoms with van der Waals surface area (Å²) < 4.78 is 5.67. The zero-order chi connectivity index (χ0) is 23.4. The van der Waals surface area contributed by atoms with Crippen LogP contribution in [-0.2, 0) is 16.1 Å². The predicted octanol–water partition coefficient (Wildman–Crippen LogP) is 3.58. The topological polar surface area (TPSA) is 96.7 Å². The molecule has 2 heterocycles. The van der Waals surface area contributed by atoms with Gasteiger partial charge in [0, 0.05) is 34.7 Å². The van der Waals surface area contributed by atoms with Crippen molar-refractivity contribution in [3.63, 3.8) is 0 Å². The fourth-order valence-electron chi connectivity index (χ4n) is 4.79. The van der Waals surface area contributed by atoms with Crippen LogP contribution in [0.1, 0.15) is 31.2 Å². The summed E-state index contributed by atoms with van der Waals surface area (Å²) in [5.41, 5.74) is 7.01. The first kappa shape index (κ1) is 23.8. The molecule has 2 unspecified atom stereocenters. The molecule has 0 spiro atoms. The maximum Gasteiger partial charge on any atom is 0.258 e. The van der Waals surface area contributed by atoms with E-state index in [4.69, 9.17) is 33.7 Å². The molecular weight excluding hydrogens is 463 g/mol. The minimum absolute atomic E-state index is 0.127. The lowest BCUT2D eigenvalue weighted by molar-refractivity contribution is -0.124. The van der Waals surface area contributed by atoms with Crippen molar-refractivity contribution >= 4 is 40.7 Å². The fraction of sp³-hybridized carbons (Fsp3) is 0.417. The largest absolute Gasteiger partial charge is 0.482 e. The summed E-state index contributed by atoms with van der Waals surface area (Å²) in [6, 6.07) is 13.9. The Hall–Kier alpha value is -2.32. The number of nitrogens with one attached hydrogen (secondary N) is 2. The van der Waals surface area contributed by atoms with Crippen LogP contribution in [0.3, 0.4) is 0 Å². The molecule has 176 valence electrons. The monoisotopic (exact) mass is 490 g/mol. The lowest BCUT2D eigenvalue weighted by atomic mass is 9.96. The van der Waals surface area contributed by atoms with E-state index in [0.717, 1.165) is 37.3 Å². The second-order valence-electron chi connectivity index (χ2n) is 8.60. The molecule has 2 aliphatic heterocycles. The van der Waals surface area contributed by atoms with Crippen molar-refractivity contribution in [2.45, 2.75) is 50.4 Å². The van der Waals surface area contributed by atoms with Crippen LogP contribution < -0.4 is 21.1 Å². The van der Waals surface area contributed by atoms with Crippen LogP contribution in [0.25, 0.3) is 0 Å². The van der Waals surface area contributed by atoms with Crippen LogP contribution in [-0.4, -0.2) is 48.0 Å². The standard InChI is InChI=1S/C24H28Cl2N4O3/c25-16-3-1-15(2-4-16)13-30-19-6-7-20(30)11-18(10-19)28-24(32)14-33-22-8-5-17(26)9-21(22)29-23(31)12-27/h1-5,8-9,18-20H,6-7,10-14,27H2,(H,28,32)(H,29,31). The number of anilines is 1. The number of hydrogen-bond donors (Lipinski definition) is 3. The number of carbonyl (C=O) groups excluding carboxylic acids is 2. The van der Waals surface area contributed by atoms with E-state index in [0.29, 0.717) is 28.5 Å². The maximum absolute atomic E-state index is 12.6. The van der Waals surface area contributed by atoms with Crippen molar-refractivity contribution < 1.29 is 14.3 Å². The van der Waals surface area contributed by atoms with Gasteiger partial charge in [-0.15, -0.1) is 0 Å². The summed E-state index contributed by atoms with van der Waals surface area (Å²) in [7, 11) is 0. The molecule has 2 fully saturated rings. The van der Waals surface area contributed by atoms with E-state index >= 15 is 0 Å². The minimum Gasteiger partial charge on any atom is -0.482 e. The Morgan fingerprint density at radius 3 is 2.33 bits per heavy atom. The lowest BCUT2D eigenvalue weighted by Gasteiger charge is -2.39. The van der Waals surface area contributed by atoms with Gasteiger partial charge in [0.05, 0.1) is 12.2 Å². The second-order valence-corrected chi connectivity index (χ2v) is 9.47. The molecule has 0 saturated carbocycles. The summed E-state index contributed by atoms with van der Waals surface area (Å²) in [5, 5.41) is 6.95. The van der Waals surface area contributed by atoms with E-state index in [1.807, 2.05) is 12.1 Å². The SMILES string of the molecule is NCC(=O)Nc1cc(Cl)ccc1OCC(=O)NC1CC2CCC(C1)N2Cc1ccc(Cl)cc1. The molecular formula is C24H28Cl2N4O3. The number of halogens is 2. The van der Waals surface area contributed by atoms with Crippen molar-refractivity contribution in [2.24, 2.45) is 5.73 Å². The Morgan fingerprint density at radius 2 is 1.67 bits per heavy atom. The number of benzene rings is 2. The number of hydrogen-bond acceptors (Lipinski definition) is 5. The third-order valence-corrected chi connectivity index (χ3v) is 6.77. The van der Waals surface area contributed by atoms with Gasteiger partial charge >= 0.3 is 0 Å². The maximum atomic E-state index is 12.6. The van der Waals surface area contributed by atoms with E-state index in [-0.39, 0.29) is 31.0 Å². The van der Waals surface area contributed by atoms with E-state index in [2.05, 4.69) is 27.7 Å². The number of nitrogens with two attached hydrogens (primary N) is 1. The number of fused-ring (bicyclic) bond motifs is 2. The average Bonchev–Trinajstić information content (AvgIpc) is 3.02. The van der Waals surface area contributed by atoms with E-state index in [1.54, 1.807) is 18.2 Å². The molecule has 4 rings (SSSR count). The molecule has 2 saturated heterocycles. The highest BCUT2D eigenvalue weighted by atomic mass is 35.5. The van der Waals surface area contributed by atoms with Crippen LogP contribution in [0.5, 0.6) is 5.75 Å². The Kier molecular flexibility index (Phi) is 7.75. The molecule has 0 aromatic heterocycles. The van der Waals surface area contributed by atoms with Gasteiger partial charge < -0.3 is 21.1 Å². The van der Waals surface area contributed by atoms with Gasteiger partial charge in [0.1, 0.15) is 5.75 Å². The summed E-state index contributed by atoms with van der Waals surface area (Å²) in [4.78, 5) is 26.8. The van der Waals surface area contributed by atoms with Gasteiger partial charge in [-0.3, -0.25) is 14.5 Å². The zero-order valence-corrected chi connectivity index (χ0v) is 19.7. The molecule has 2 bridgehead atoms. The van der Waals surface area contributed by atoms with Crippen LogP contribution >= 0.6 is 23.2 Å². The highest BCUT2D eigenvalue weighted by Crippen LogP contribution is 2.37. The van der Waals surface area contributed by atoms with Gasteiger partial charge in [0.25, 0.3) is 5.91 Å². The van der Waals surface area contributed by atoms with Crippen molar-refractivity contribution in [3.8, 4) is 5.75 Å². The van der Waals surface area contributed by atoms with Gasteiger partial charge in [-0.25, -0.2) is 0 Å². The molecule has 4 N–H and O–H groups in total. The summed E-state index contributed by atoms with van der Waals surface area (Å²) >= 11 is 12.0. The molecule has 9 heteroatoms. The molecule has 2 amide bonds. The first-order chi connectivity index (χ1) is 15.9. The molecule has 2 aromatic carbocycles. The predicted molar refractivity (Wildman–Crippen MR) is 130 cm³/mol. The third-order valence-electron chi connectivity index (χ3n) is 6.29. The first-order valence-corrected chi connectivity index (χ1v) is 11.9. The molecule has 7 nitrogen and oxygen atoms in total. The quantitative estimate of drug-likeness (QED) is 0.525. The molecule has 2 aromatic rings. The number of piperidine rings is 1. The summed E-state index contributed by atoms with van der Waals surface area (Å²) in [6.07, 6.45) is 4.15. The number of nitrogens with zero attached hydrogens (tertiary/aromatic N) is 1. The smallest absolute Gasteiger partial charge is 0.258 e. The molecule has 33 heavy (non-hydrogen) atoms. The van der Waals surface area contributed by atoms with Crippen LogP contribution in [0.2, 0.25) is 10.0 Å². The number of ether oxygens (including phenoxy) is 1. The van der Waals surface area contributed by atoms with E-state index in [1.165, 1.54) is 5.56 Å². The van der Waals surface area contributed by atoms with Crippen molar-refractivity contribution in [2.75, 3.05) is 18.5 Å². The van der Waals surface area contributed by atoms with Crippen LogP contribution in [0, 0.1) is 0 Å². The molecule has 0 radical (unpaired) electrons. The van der Waals surface area contributed by atoms with Crippen LogP contribution in [0.15, 0.2) is 42.5 Å². The molecule has 2 atom stereocenters. The number of carbonyl (C=O) groups is 2. The normalized spacial score (nSPS) is 22.1. The van der Waals surface area contributed by atoms with Gasteiger partial charge in [-0.05, 0) is 61.6 Å². The highest BCUT2D eigenvalue weighted by molar-refractivity contribution is 6.31. The van der Waals surface area contributed by atoms with E-state index in [9.17, 15) is 9.59 Å². The molecule has 2 aliphatic rings. The van der Waals surface area contributed by atoms with Crippen molar-refractivity contribution in [1.29, 1.82) is 0 Å².